The molecule has 1 atom stereocenters. The Morgan fingerprint density at radius 1 is 1.38 bits per heavy atom. The van der Waals surface area contributed by atoms with Crippen molar-refractivity contribution in [3.63, 3.8) is 0 Å². The zero-order valence-electron chi connectivity index (χ0n) is 12.7. The Hall–Kier alpha value is -1.88. The molecule has 1 aromatic rings. The zero-order chi connectivity index (χ0) is 15.2. The van der Waals surface area contributed by atoms with Gasteiger partial charge in [-0.2, -0.15) is 0 Å². The largest absolute Gasteiger partial charge is 0.359 e. The van der Waals surface area contributed by atoms with Crippen LogP contribution in [0.3, 0.4) is 0 Å². The van der Waals surface area contributed by atoms with Gasteiger partial charge in [0.2, 0.25) is 11.8 Å². The molecule has 5 heteroatoms. The Bertz CT molecular complexity index is 516. The standard InChI is InChI=1S/C16H23N3O2/c1-12-5-3-7-14(9-12)18-15(20)11-19-8-4-6-13(10-19)16(21)17-2/h3,5,7,9,13H,4,6,8,10-11H2,1-2H3,(H,17,21)(H,18,20). The molecule has 1 heterocycles. The molecule has 0 aromatic heterocycles. The minimum Gasteiger partial charge on any atom is -0.359 e. The van der Waals surface area contributed by atoms with Crippen molar-refractivity contribution < 1.29 is 9.59 Å². The Balaban J connectivity index is 1.86. The number of rotatable bonds is 4. The van der Waals surface area contributed by atoms with Crippen LogP contribution in [0.25, 0.3) is 0 Å². The molecule has 2 rings (SSSR count). The molecule has 2 N–H and O–H groups in total. The second-order valence-electron chi connectivity index (χ2n) is 5.61. The van der Waals surface area contributed by atoms with Crippen molar-refractivity contribution in [2.24, 2.45) is 5.92 Å². The minimum absolute atomic E-state index is 0.00415. The van der Waals surface area contributed by atoms with Crippen LogP contribution < -0.4 is 10.6 Å². The number of aryl methyl sites for hydroxylation is 1. The summed E-state index contributed by atoms with van der Waals surface area (Å²) in [5, 5.41) is 5.60. The Morgan fingerprint density at radius 2 is 2.19 bits per heavy atom. The van der Waals surface area contributed by atoms with Crippen LogP contribution in [0.5, 0.6) is 0 Å². The van der Waals surface area contributed by atoms with Gasteiger partial charge in [-0.15, -0.1) is 0 Å². The van der Waals surface area contributed by atoms with Crippen LogP contribution in [-0.2, 0) is 9.59 Å². The monoisotopic (exact) mass is 289 g/mol. The van der Waals surface area contributed by atoms with E-state index in [0.29, 0.717) is 13.1 Å². The summed E-state index contributed by atoms with van der Waals surface area (Å²) in [4.78, 5) is 25.8. The second-order valence-corrected chi connectivity index (χ2v) is 5.61. The quantitative estimate of drug-likeness (QED) is 0.880. The third-order valence-electron chi connectivity index (χ3n) is 3.79. The summed E-state index contributed by atoms with van der Waals surface area (Å²) in [6.45, 7) is 3.85. The van der Waals surface area contributed by atoms with E-state index in [4.69, 9.17) is 0 Å². The van der Waals surface area contributed by atoms with Gasteiger partial charge in [0.25, 0.3) is 0 Å². The number of benzene rings is 1. The lowest BCUT2D eigenvalue weighted by Crippen LogP contribution is -2.44. The molecule has 1 unspecified atom stereocenters. The summed E-state index contributed by atoms with van der Waals surface area (Å²) in [5.41, 5.74) is 1.94. The van der Waals surface area contributed by atoms with Gasteiger partial charge < -0.3 is 10.6 Å². The summed E-state index contributed by atoms with van der Waals surface area (Å²) in [7, 11) is 1.66. The number of carbonyl (C=O) groups excluding carboxylic acids is 2. The van der Waals surface area contributed by atoms with E-state index >= 15 is 0 Å². The van der Waals surface area contributed by atoms with Gasteiger partial charge >= 0.3 is 0 Å². The molecule has 0 bridgehead atoms. The van der Waals surface area contributed by atoms with Gasteiger partial charge in [0.1, 0.15) is 0 Å². The number of hydrogen-bond acceptors (Lipinski definition) is 3. The first-order valence-electron chi connectivity index (χ1n) is 7.39. The molecule has 114 valence electrons. The molecule has 1 aromatic carbocycles. The van der Waals surface area contributed by atoms with Crippen LogP contribution in [0, 0.1) is 12.8 Å². The number of piperidine rings is 1. The van der Waals surface area contributed by atoms with Crippen molar-refractivity contribution >= 4 is 17.5 Å². The van der Waals surface area contributed by atoms with E-state index in [1.54, 1.807) is 7.05 Å². The first-order valence-corrected chi connectivity index (χ1v) is 7.39. The number of nitrogens with one attached hydrogen (secondary N) is 2. The maximum absolute atomic E-state index is 12.1. The van der Waals surface area contributed by atoms with Crippen LogP contribution >= 0.6 is 0 Å². The number of anilines is 1. The van der Waals surface area contributed by atoms with E-state index in [-0.39, 0.29) is 17.7 Å². The summed E-state index contributed by atoms with van der Waals surface area (Å²) in [6.07, 6.45) is 1.85. The fraction of sp³-hybridized carbons (Fsp3) is 0.500. The second kappa shape index (κ2) is 7.22. The molecule has 2 amide bonds. The van der Waals surface area contributed by atoms with Gasteiger partial charge in [-0.3, -0.25) is 14.5 Å². The topological polar surface area (TPSA) is 61.4 Å². The van der Waals surface area contributed by atoms with E-state index in [2.05, 4.69) is 15.5 Å². The van der Waals surface area contributed by atoms with Crippen LogP contribution in [-0.4, -0.2) is 43.4 Å². The lowest BCUT2D eigenvalue weighted by Gasteiger charge is -2.31. The van der Waals surface area contributed by atoms with Crippen LogP contribution in [0.15, 0.2) is 24.3 Å². The van der Waals surface area contributed by atoms with Gasteiger partial charge in [-0.25, -0.2) is 0 Å². The zero-order valence-corrected chi connectivity index (χ0v) is 12.7. The number of nitrogens with zero attached hydrogens (tertiary/aromatic N) is 1. The summed E-state index contributed by atoms with van der Waals surface area (Å²) < 4.78 is 0. The van der Waals surface area contributed by atoms with Crippen molar-refractivity contribution in [3.05, 3.63) is 29.8 Å². The molecule has 0 saturated carbocycles. The predicted octanol–water partition coefficient (Wildman–Crippen LogP) is 1.39. The van der Waals surface area contributed by atoms with Crippen LogP contribution in [0.1, 0.15) is 18.4 Å². The van der Waals surface area contributed by atoms with Gasteiger partial charge in [-0.05, 0) is 44.0 Å². The summed E-state index contributed by atoms with van der Waals surface area (Å²) >= 11 is 0. The molecule has 1 fully saturated rings. The first-order chi connectivity index (χ1) is 10.1. The average molecular weight is 289 g/mol. The van der Waals surface area contributed by atoms with Crippen molar-refractivity contribution in [2.75, 3.05) is 32.0 Å². The smallest absolute Gasteiger partial charge is 0.238 e. The van der Waals surface area contributed by atoms with Crippen molar-refractivity contribution in [3.8, 4) is 0 Å². The molecule has 1 aliphatic heterocycles. The van der Waals surface area contributed by atoms with E-state index in [0.717, 1.165) is 30.6 Å². The molecular weight excluding hydrogens is 266 g/mol. The SMILES string of the molecule is CNC(=O)C1CCCN(CC(=O)Nc2cccc(C)c2)C1. The number of carbonyl (C=O) groups is 2. The average Bonchev–Trinajstić information content (AvgIpc) is 2.46. The molecule has 1 aliphatic rings. The molecule has 0 spiro atoms. The molecular formula is C16H23N3O2. The van der Waals surface area contributed by atoms with E-state index < -0.39 is 0 Å². The third kappa shape index (κ3) is 4.56. The van der Waals surface area contributed by atoms with Crippen molar-refractivity contribution in [1.29, 1.82) is 0 Å². The first kappa shape index (κ1) is 15.5. The molecule has 0 aliphatic carbocycles. The van der Waals surface area contributed by atoms with Crippen molar-refractivity contribution in [1.82, 2.24) is 10.2 Å². The highest BCUT2D eigenvalue weighted by molar-refractivity contribution is 5.92. The van der Waals surface area contributed by atoms with E-state index in [9.17, 15) is 9.59 Å². The Labute approximate surface area is 125 Å². The predicted molar refractivity (Wildman–Crippen MR) is 83.0 cm³/mol. The minimum atomic E-state index is -0.0295. The fourth-order valence-corrected chi connectivity index (χ4v) is 2.74. The maximum atomic E-state index is 12.1. The maximum Gasteiger partial charge on any atom is 0.238 e. The lowest BCUT2D eigenvalue weighted by molar-refractivity contribution is -0.127. The number of hydrogen-bond donors (Lipinski definition) is 2. The Kier molecular flexibility index (Phi) is 5.33. The lowest BCUT2D eigenvalue weighted by atomic mass is 9.97. The highest BCUT2D eigenvalue weighted by Gasteiger charge is 2.25. The molecule has 1 saturated heterocycles. The fourth-order valence-electron chi connectivity index (χ4n) is 2.74. The highest BCUT2D eigenvalue weighted by Crippen LogP contribution is 2.16. The van der Waals surface area contributed by atoms with Crippen LogP contribution in [0.4, 0.5) is 5.69 Å². The van der Waals surface area contributed by atoms with E-state index in [1.165, 1.54) is 0 Å². The van der Waals surface area contributed by atoms with Gasteiger partial charge in [0, 0.05) is 19.3 Å². The number of likely N-dealkylation sites (tertiary alicyclic amines) is 1. The number of amides is 2. The highest BCUT2D eigenvalue weighted by atomic mass is 16.2. The molecule has 5 nitrogen and oxygen atoms in total. The molecule has 0 radical (unpaired) electrons. The van der Waals surface area contributed by atoms with E-state index in [1.807, 2.05) is 31.2 Å². The Morgan fingerprint density at radius 3 is 2.90 bits per heavy atom. The van der Waals surface area contributed by atoms with Gasteiger partial charge in [0.05, 0.1) is 12.5 Å². The summed E-state index contributed by atoms with van der Waals surface area (Å²) in [5.74, 6) is 0.0347. The third-order valence-corrected chi connectivity index (χ3v) is 3.79. The summed E-state index contributed by atoms with van der Waals surface area (Å²) in [6, 6.07) is 7.75. The van der Waals surface area contributed by atoms with Gasteiger partial charge in [-0.1, -0.05) is 12.1 Å². The van der Waals surface area contributed by atoms with Crippen LogP contribution in [0.2, 0.25) is 0 Å². The van der Waals surface area contributed by atoms with Gasteiger partial charge in [0.15, 0.2) is 0 Å². The molecule has 21 heavy (non-hydrogen) atoms. The van der Waals surface area contributed by atoms with Crippen molar-refractivity contribution in [2.45, 2.75) is 19.8 Å². The normalized spacial score (nSPS) is 19.0.